The number of nitrogens with zero attached hydrogens (tertiary/aromatic N) is 1. The molecule has 0 saturated carbocycles. The zero-order valence-corrected chi connectivity index (χ0v) is 13.9. The van der Waals surface area contributed by atoms with E-state index < -0.39 is 18.0 Å². The zero-order valence-electron chi connectivity index (χ0n) is 12.4. The predicted molar refractivity (Wildman–Crippen MR) is 89.1 cm³/mol. The van der Waals surface area contributed by atoms with Crippen molar-refractivity contribution in [3.05, 3.63) is 63.4 Å². The minimum absolute atomic E-state index is 0.0214. The molecule has 2 aromatic rings. The molecule has 0 radical (unpaired) electrons. The van der Waals surface area contributed by atoms with Crippen LogP contribution in [0.15, 0.2) is 36.4 Å². The van der Waals surface area contributed by atoms with E-state index in [0.717, 1.165) is 5.56 Å². The third-order valence-electron chi connectivity index (χ3n) is 3.16. The monoisotopic (exact) mass is 368 g/mol. The van der Waals surface area contributed by atoms with Crippen LogP contribution in [0.1, 0.15) is 21.5 Å². The summed E-state index contributed by atoms with van der Waals surface area (Å²) in [5.41, 5.74) is 7.32. The number of carbonyl (C=O) groups excluding carboxylic acids is 1. The summed E-state index contributed by atoms with van der Waals surface area (Å²) in [6.07, 6.45) is 0.233. The van der Waals surface area contributed by atoms with Crippen LogP contribution in [0.4, 0.5) is 0 Å². The molecule has 1 aromatic heterocycles. The third kappa shape index (κ3) is 5.19. The molecule has 0 aliphatic carbocycles. The first kappa shape index (κ1) is 18.2. The average Bonchev–Trinajstić information content (AvgIpc) is 2.52. The molecular weight excluding hydrogens is 355 g/mol. The summed E-state index contributed by atoms with van der Waals surface area (Å²) in [6.45, 7) is -0.0214. The molecule has 1 aromatic carbocycles. The highest BCUT2D eigenvalue weighted by Gasteiger charge is 2.16. The van der Waals surface area contributed by atoms with Crippen LogP contribution in [0.5, 0.6) is 0 Å². The number of hydrogen-bond acceptors (Lipinski definition) is 5. The lowest BCUT2D eigenvalue weighted by Gasteiger charge is -2.12. The number of pyridine rings is 1. The Balaban J connectivity index is 1.90. The molecule has 0 unspecified atom stereocenters. The minimum Gasteiger partial charge on any atom is -0.478 e. The van der Waals surface area contributed by atoms with Crippen molar-refractivity contribution in [2.75, 3.05) is 0 Å². The maximum absolute atomic E-state index is 11.9. The van der Waals surface area contributed by atoms with Crippen LogP contribution < -0.4 is 5.73 Å². The second-order valence-corrected chi connectivity index (χ2v) is 5.82. The van der Waals surface area contributed by atoms with E-state index in [1.807, 2.05) is 0 Å². The molecule has 2 rings (SSSR count). The molecule has 0 fully saturated rings. The number of esters is 1. The first-order chi connectivity index (χ1) is 11.3. The Bertz CT molecular complexity index is 730. The number of aromatic nitrogens is 1. The van der Waals surface area contributed by atoms with Crippen molar-refractivity contribution in [2.24, 2.45) is 5.73 Å². The molecule has 0 spiro atoms. The van der Waals surface area contributed by atoms with E-state index >= 15 is 0 Å². The summed E-state index contributed by atoms with van der Waals surface area (Å²) < 4.78 is 5.13. The Hall–Kier alpha value is -2.15. The van der Waals surface area contributed by atoms with Crippen molar-refractivity contribution in [2.45, 2.75) is 19.1 Å². The van der Waals surface area contributed by atoms with Gasteiger partial charge >= 0.3 is 11.9 Å². The van der Waals surface area contributed by atoms with Gasteiger partial charge in [-0.25, -0.2) is 9.78 Å². The number of ether oxygens (including phenoxy) is 1. The van der Waals surface area contributed by atoms with Gasteiger partial charge in [0.05, 0.1) is 5.56 Å². The van der Waals surface area contributed by atoms with Crippen LogP contribution in [0, 0.1) is 0 Å². The van der Waals surface area contributed by atoms with Gasteiger partial charge in [-0.15, -0.1) is 0 Å². The topological polar surface area (TPSA) is 103 Å². The second-order valence-electron chi connectivity index (χ2n) is 5.04. The molecule has 24 heavy (non-hydrogen) atoms. The predicted octanol–water partition coefficient (Wildman–Crippen LogP) is 2.70. The summed E-state index contributed by atoms with van der Waals surface area (Å²) in [7, 11) is 0. The van der Waals surface area contributed by atoms with E-state index in [9.17, 15) is 9.59 Å². The number of rotatable bonds is 6. The van der Waals surface area contributed by atoms with Crippen molar-refractivity contribution < 1.29 is 19.4 Å². The Morgan fingerprint density at radius 2 is 1.71 bits per heavy atom. The lowest BCUT2D eigenvalue weighted by Crippen LogP contribution is -2.34. The van der Waals surface area contributed by atoms with Gasteiger partial charge in [0.2, 0.25) is 0 Å². The van der Waals surface area contributed by atoms with Crippen molar-refractivity contribution in [3.63, 3.8) is 0 Å². The van der Waals surface area contributed by atoms with Gasteiger partial charge in [-0.1, -0.05) is 35.3 Å². The lowest BCUT2D eigenvalue weighted by molar-refractivity contribution is -0.146. The Morgan fingerprint density at radius 3 is 2.25 bits per heavy atom. The number of carboxylic acids is 1. The molecule has 0 aliphatic heterocycles. The van der Waals surface area contributed by atoms with Gasteiger partial charge in [-0.3, -0.25) is 4.79 Å². The molecule has 3 N–H and O–H groups in total. The van der Waals surface area contributed by atoms with Crippen LogP contribution in [0.3, 0.4) is 0 Å². The van der Waals surface area contributed by atoms with Gasteiger partial charge in [0.1, 0.15) is 23.0 Å². The third-order valence-corrected chi connectivity index (χ3v) is 3.55. The summed E-state index contributed by atoms with van der Waals surface area (Å²) >= 11 is 11.5. The molecule has 126 valence electrons. The van der Waals surface area contributed by atoms with E-state index in [0.29, 0.717) is 5.56 Å². The fourth-order valence-corrected chi connectivity index (χ4v) is 2.49. The SMILES string of the molecule is N[C@@H](Cc1ccc(C(=O)O)cc1)C(=O)OCc1cc(Cl)nc(Cl)c1. The van der Waals surface area contributed by atoms with Crippen molar-refractivity contribution in [3.8, 4) is 0 Å². The van der Waals surface area contributed by atoms with Gasteiger partial charge in [0.15, 0.2) is 0 Å². The largest absolute Gasteiger partial charge is 0.478 e. The highest BCUT2D eigenvalue weighted by Crippen LogP contribution is 2.15. The molecule has 0 bridgehead atoms. The van der Waals surface area contributed by atoms with E-state index in [1.54, 1.807) is 12.1 Å². The van der Waals surface area contributed by atoms with Gasteiger partial charge in [0.25, 0.3) is 0 Å². The van der Waals surface area contributed by atoms with Crippen molar-refractivity contribution in [1.82, 2.24) is 4.98 Å². The van der Waals surface area contributed by atoms with E-state index in [1.165, 1.54) is 24.3 Å². The number of carboxylic acid groups (broad SMARTS) is 1. The van der Waals surface area contributed by atoms with Crippen molar-refractivity contribution >= 4 is 35.1 Å². The van der Waals surface area contributed by atoms with Gasteiger partial charge in [-0.2, -0.15) is 0 Å². The quantitative estimate of drug-likeness (QED) is 0.600. The first-order valence-electron chi connectivity index (χ1n) is 6.91. The van der Waals surface area contributed by atoms with Crippen LogP contribution in [0.2, 0.25) is 10.3 Å². The minimum atomic E-state index is -1.01. The molecule has 6 nitrogen and oxygen atoms in total. The van der Waals surface area contributed by atoms with E-state index in [2.05, 4.69) is 4.98 Å². The summed E-state index contributed by atoms with van der Waals surface area (Å²) in [6, 6.07) is 8.34. The molecule has 8 heteroatoms. The summed E-state index contributed by atoms with van der Waals surface area (Å²) in [5, 5.41) is 9.25. The number of halogens is 2. The highest BCUT2D eigenvalue weighted by atomic mass is 35.5. The maximum atomic E-state index is 11.9. The van der Waals surface area contributed by atoms with Crippen LogP contribution in [0.25, 0.3) is 0 Å². The molecule has 1 heterocycles. The smallest absolute Gasteiger partial charge is 0.335 e. The highest BCUT2D eigenvalue weighted by molar-refractivity contribution is 6.32. The summed E-state index contributed by atoms with van der Waals surface area (Å²) in [4.78, 5) is 26.5. The van der Waals surface area contributed by atoms with Gasteiger partial charge in [0, 0.05) is 0 Å². The number of aromatic carboxylic acids is 1. The number of carbonyl (C=O) groups is 2. The number of hydrogen-bond donors (Lipinski definition) is 2. The van der Waals surface area contributed by atoms with E-state index in [-0.39, 0.29) is 28.9 Å². The molecule has 0 amide bonds. The molecular formula is C16H14Cl2N2O4. The van der Waals surface area contributed by atoms with Gasteiger partial charge in [-0.05, 0) is 41.8 Å². The fraction of sp³-hybridized carbons (Fsp3) is 0.188. The second kappa shape index (κ2) is 8.10. The normalized spacial score (nSPS) is 11.8. The van der Waals surface area contributed by atoms with E-state index in [4.69, 9.17) is 38.8 Å². The zero-order chi connectivity index (χ0) is 17.7. The fourth-order valence-electron chi connectivity index (χ4n) is 1.98. The Kier molecular flexibility index (Phi) is 6.14. The van der Waals surface area contributed by atoms with Gasteiger partial charge < -0.3 is 15.6 Å². The van der Waals surface area contributed by atoms with Crippen molar-refractivity contribution in [1.29, 1.82) is 0 Å². The number of benzene rings is 1. The Morgan fingerprint density at radius 1 is 1.12 bits per heavy atom. The lowest BCUT2D eigenvalue weighted by atomic mass is 10.0. The van der Waals surface area contributed by atoms with Crippen LogP contribution in [-0.2, 0) is 22.6 Å². The molecule has 1 atom stereocenters. The molecule has 0 saturated heterocycles. The molecule has 0 aliphatic rings. The number of nitrogens with two attached hydrogens (primary N) is 1. The maximum Gasteiger partial charge on any atom is 0.335 e. The summed E-state index contributed by atoms with van der Waals surface area (Å²) in [5.74, 6) is -1.60. The van der Waals surface area contributed by atoms with Crippen LogP contribution >= 0.6 is 23.2 Å². The Labute approximate surface area is 148 Å². The standard InChI is InChI=1S/C16H14Cl2N2O4/c17-13-6-10(7-14(18)20-13)8-24-16(23)12(19)5-9-1-3-11(4-2-9)15(21)22/h1-4,6-7,12H,5,8,19H2,(H,21,22)/t12-/m0/s1. The van der Waals surface area contributed by atoms with Crippen LogP contribution in [-0.4, -0.2) is 28.1 Å². The average molecular weight is 369 g/mol. The first-order valence-corrected chi connectivity index (χ1v) is 7.67.